The molecule has 122 valence electrons. The van der Waals surface area contributed by atoms with Gasteiger partial charge in [0.1, 0.15) is 6.04 Å². The first-order valence-corrected chi connectivity index (χ1v) is 5.98. The zero-order valence-electron chi connectivity index (χ0n) is 11.5. The lowest BCUT2D eigenvalue weighted by atomic mass is 10.2. The van der Waals surface area contributed by atoms with E-state index in [0.717, 1.165) is 0 Å². The third-order valence-electron chi connectivity index (χ3n) is 2.05. The first-order valence-electron chi connectivity index (χ1n) is 5.98. The van der Waals surface area contributed by atoms with E-state index in [1.807, 2.05) is 0 Å². The fourth-order valence-corrected chi connectivity index (χ4v) is 0.961. The van der Waals surface area contributed by atoms with E-state index in [4.69, 9.17) is 32.9 Å². The molecule has 1 unspecified atom stereocenters. The standard InChI is InChI=1S/C6H14N4O2.C4H8N2O3/c7-4(5(11)12)2-1-3-10-6(8)9;5-3(7)1-2-4(8)6-9/h4H,1-3,7H2,(H,11,12)(H4,8,9,10);9H,1-2H2,(H2,5,7)(H,6,8). The monoisotopic (exact) mass is 306 g/mol. The van der Waals surface area contributed by atoms with Crippen LogP contribution in [0.3, 0.4) is 0 Å². The number of carbonyl (C=O) groups excluding carboxylic acids is 2. The smallest absolute Gasteiger partial charge is 0.320 e. The minimum atomic E-state index is -1.00. The highest BCUT2D eigenvalue weighted by atomic mass is 16.5. The number of primary amides is 1. The Morgan fingerprint density at radius 1 is 1.19 bits per heavy atom. The predicted molar refractivity (Wildman–Crippen MR) is 73.1 cm³/mol. The SMILES string of the molecule is N=C(N)NCCCC(N)C(=O)O.NC(=O)CCC(=O)NO. The molecule has 0 aliphatic rings. The number of amides is 2. The van der Waals surface area contributed by atoms with Crippen LogP contribution in [0.2, 0.25) is 0 Å². The first-order chi connectivity index (χ1) is 9.70. The molecule has 0 heterocycles. The maximum absolute atomic E-state index is 10.2. The van der Waals surface area contributed by atoms with E-state index in [1.54, 1.807) is 0 Å². The minimum Gasteiger partial charge on any atom is -0.480 e. The van der Waals surface area contributed by atoms with Gasteiger partial charge in [-0.2, -0.15) is 0 Å². The van der Waals surface area contributed by atoms with Crippen molar-refractivity contribution in [2.45, 2.75) is 31.7 Å². The second-order valence-electron chi connectivity index (χ2n) is 3.93. The van der Waals surface area contributed by atoms with Crippen molar-refractivity contribution >= 4 is 23.7 Å². The van der Waals surface area contributed by atoms with Crippen LogP contribution in [-0.4, -0.2) is 46.6 Å². The lowest BCUT2D eigenvalue weighted by Gasteiger charge is -2.06. The molecule has 0 aliphatic carbocycles. The van der Waals surface area contributed by atoms with Crippen LogP contribution in [0.15, 0.2) is 0 Å². The van der Waals surface area contributed by atoms with E-state index in [-0.39, 0.29) is 18.8 Å². The Morgan fingerprint density at radius 3 is 2.14 bits per heavy atom. The molecule has 11 N–H and O–H groups in total. The van der Waals surface area contributed by atoms with Gasteiger partial charge in [-0.3, -0.25) is 25.0 Å². The maximum atomic E-state index is 10.2. The van der Waals surface area contributed by atoms with Crippen LogP contribution in [-0.2, 0) is 14.4 Å². The molecule has 0 fully saturated rings. The van der Waals surface area contributed by atoms with Crippen LogP contribution < -0.4 is 28.0 Å². The molecule has 0 aromatic carbocycles. The van der Waals surface area contributed by atoms with E-state index in [9.17, 15) is 14.4 Å². The molecule has 0 aromatic rings. The highest BCUT2D eigenvalue weighted by molar-refractivity contribution is 5.82. The molecule has 0 aromatic heterocycles. The number of hydrogen-bond donors (Lipinski definition) is 8. The number of hydrogen-bond acceptors (Lipinski definition) is 6. The summed E-state index contributed by atoms with van der Waals surface area (Å²) in [6.07, 6.45) is 0.876. The van der Waals surface area contributed by atoms with Gasteiger partial charge in [0.25, 0.3) is 0 Å². The number of aliphatic carboxylic acids is 1. The first kappa shape index (κ1) is 20.9. The average Bonchev–Trinajstić information content (AvgIpc) is 2.40. The van der Waals surface area contributed by atoms with Crippen molar-refractivity contribution in [3.8, 4) is 0 Å². The third-order valence-corrected chi connectivity index (χ3v) is 2.05. The summed E-state index contributed by atoms with van der Waals surface area (Å²) in [5.41, 5.74) is 16.3. The van der Waals surface area contributed by atoms with Crippen LogP contribution in [0.25, 0.3) is 0 Å². The van der Waals surface area contributed by atoms with Crippen LogP contribution in [0.4, 0.5) is 0 Å². The molecular formula is C10H22N6O5. The Bertz CT molecular complexity index is 362. The summed E-state index contributed by atoms with van der Waals surface area (Å²) in [5, 5.41) is 25.6. The van der Waals surface area contributed by atoms with Crippen LogP contribution in [0.5, 0.6) is 0 Å². The largest absolute Gasteiger partial charge is 0.480 e. The summed E-state index contributed by atoms with van der Waals surface area (Å²) in [4.78, 5) is 30.3. The Morgan fingerprint density at radius 2 is 1.76 bits per heavy atom. The molecule has 0 aliphatic heterocycles. The molecule has 0 rings (SSSR count). The van der Waals surface area contributed by atoms with Gasteiger partial charge in [-0.1, -0.05) is 0 Å². The molecule has 1 atom stereocenters. The zero-order chi connectivity index (χ0) is 16.8. The van der Waals surface area contributed by atoms with Gasteiger partial charge < -0.3 is 27.6 Å². The van der Waals surface area contributed by atoms with Crippen molar-refractivity contribution in [2.75, 3.05) is 6.54 Å². The summed E-state index contributed by atoms with van der Waals surface area (Å²) in [7, 11) is 0. The Balaban J connectivity index is 0. The van der Waals surface area contributed by atoms with E-state index < -0.39 is 23.8 Å². The van der Waals surface area contributed by atoms with Gasteiger partial charge in [0.15, 0.2) is 5.96 Å². The van der Waals surface area contributed by atoms with Gasteiger partial charge >= 0.3 is 5.97 Å². The topological polar surface area (TPSA) is 218 Å². The Kier molecular flexibility index (Phi) is 12.6. The summed E-state index contributed by atoms with van der Waals surface area (Å²) < 4.78 is 0. The van der Waals surface area contributed by atoms with Crippen molar-refractivity contribution in [3.63, 3.8) is 0 Å². The second kappa shape index (κ2) is 12.6. The fraction of sp³-hybridized carbons (Fsp3) is 0.600. The molecular weight excluding hydrogens is 284 g/mol. The van der Waals surface area contributed by atoms with Gasteiger partial charge in [0.05, 0.1) is 0 Å². The number of hydroxylamine groups is 1. The van der Waals surface area contributed by atoms with Crippen LogP contribution >= 0.6 is 0 Å². The average molecular weight is 306 g/mol. The van der Waals surface area contributed by atoms with Crippen molar-refractivity contribution in [3.05, 3.63) is 0 Å². The summed E-state index contributed by atoms with van der Waals surface area (Å²) in [6, 6.07) is -0.821. The number of carboxylic acids is 1. The lowest BCUT2D eigenvalue weighted by molar-refractivity contribution is -0.138. The molecule has 11 heteroatoms. The molecule has 0 saturated heterocycles. The van der Waals surface area contributed by atoms with E-state index in [1.165, 1.54) is 5.48 Å². The Labute approximate surface area is 121 Å². The number of rotatable bonds is 8. The highest BCUT2D eigenvalue weighted by Crippen LogP contribution is 1.92. The van der Waals surface area contributed by atoms with Crippen LogP contribution in [0, 0.1) is 5.41 Å². The van der Waals surface area contributed by atoms with Gasteiger partial charge in [-0.15, -0.1) is 0 Å². The summed E-state index contributed by atoms with van der Waals surface area (Å²) in [5.74, 6) is -2.27. The molecule has 0 bridgehead atoms. The quantitative estimate of drug-likeness (QED) is 0.0780. The molecule has 0 radical (unpaired) electrons. The van der Waals surface area contributed by atoms with Gasteiger partial charge in [0, 0.05) is 19.4 Å². The molecule has 21 heavy (non-hydrogen) atoms. The fourth-order valence-electron chi connectivity index (χ4n) is 0.961. The number of nitrogens with two attached hydrogens (primary N) is 3. The van der Waals surface area contributed by atoms with Crippen molar-refractivity contribution in [1.82, 2.24) is 10.8 Å². The number of guanidine groups is 1. The maximum Gasteiger partial charge on any atom is 0.320 e. The summed E-state index contributed by atoms with van der Waals surface area (Å²) in [6.45, 7) is 0.482. The van der Waals surface area contributed by atoms with Crippen molar-refractivity contribution in [2.24, 2.45) is 17.2 Å². The number of carbonyl (C=O) groups is 3. The lowest BCUT2D eigenvalue weighted by Crippen LogP contribution is -2.34. The minimum absolute atomic E-state index is 0.0353. The predicted octanol–water partition coefficient (Wildman–Crippen LogP) is -2.58. The van der Waals surface area contributed by atoms with E-state index in [0.29, 0.717) is 19.4 Å². The molecule has 2 amide bonds. The molecule has 0 saturated carbocycles. The second-order valence-corrected chi connectivity index (χ2v) is 3.93. The zero-order valence-corrected chi connectivity index (χ0v) is 11.5. The van der Waals surface area contributed by atoms with Crippen LogP contribution in [0.1, 0.15) is 25.7 Å². The van der Waals surface area contributed by atoms with E-state index in [2.05, 4.69) is 5.32 Å². The number of nitrogens with one attached hydrogen (secondary N) is 3. The highest BCUT2D eigenvalue weighted by Gasteiger charge is 2.09. The van der Waals surface area contributed by atoms with Gasteiger partial charge in [-0.25, -0.2) is 5.48 Å². The molecule has 0 spiro atoms. The summed E-state index contributed by atoms with van der Waals surface area (Å²) >= 11 is 0. The number of carboxylic acid groups (broad SMARTS) is 1. The van der Waals surface area contributed by atoms with Crippen molar-refractivity contribution < 1.29 is 24.7 Å². The van der Waals surface area contributed by atoms with Crippen molar-refractivity contribution in [1.29, 1.82) is 5.41 Å². The third kappa shape index (κ3) is 17.6. The molecule has 11 nitrogen and oxygen atoms in total. The normalized spacial score (nSPS) is 10.6. The van der Waals surface area contributed by atoms with Gasteiger partial charge in [-0.05, 0) is 12.8 Å². The Hall–Kier alpha value is -2.40. The van der Waals surface area contributed by atoms with E-state index >= 15 is 0 Å². The van der Waals surface area contributed by atoms with Gasteiger partial charge in [0.2, 0.25) is 11.8 Å².